The maximum Gasteiger partial charge on any atom is 0.146 e. The third-order valence-electron chi connectivity index (χ3n) is 4.00. The van der Waals surface area contributed by atoms with E-state index in [0.29, 0.717) is 5.56 Å². The minimum Gasteiger partial charge on any atom is -0.368 e. The molecule has 0 saturated carbocycles. The maximum atomic E-state index is 9.20. The molecule has 22 heavy (non-hydrogen) atoms. The lowest BCUT2D eigenvalue weighted by atomic mass is 10.1. The Morgan fingerprint density at radius 3 is 2.59 bits per heavy atom. The largest absolute Gasteiger partial charge is 0.368 e. The highest BCUT2D eigenvalue weighted by Crippen LogP contribution is 2.26. The number of piperazine rings is 1. The highest BCUT2D eigenvalue weighted by atomic mass is 35.5. The Labute approximate surface area is 135 Å². The van der Waals surface area contributed by atoms with Crippen molar-refractivity contribution in [3.05, 3.63) is 52.7 Å². The molecule has 5 heteroatoms. The van der Waals surface area contributed by atoms with Gasteiger partial charge < -0.3 is 9.80 Å². The summed E-state index contributed by atoms with van der Waals surface area (Å²) in [5, 5.41) is 9.97. The topological polar surface area (TPSA) is 43.2 Å². The van der Waals surface area contributed by atoms with Crippen LogP contribution in [0.25, 0.3) is 0 Å². The first-order valence-corrected chi connectivity index (χ1v) is 7.68. The smallest absolute Gasteiger partial charge is 0.146 e. The number of anilines is 2. The van der Waals surface area contributed by atoms with E-state index in [2.05, 4.69) is 33.8 Å². The van der Waals surface area contributed by atoms with Gasteiger partial charge in [0.05, 0.1) is 5.56 Å². The van der Waals surface area contributed by atoms with Crippen LogP contribution in [0.4, 0.5) is 11.5 Å². The third-order valence-corrected chi connectivity index (χ3v) is 4.23. The summed E-state index contributed by atoms with van der Waals surface area (Å²) in [5.74, 6) is 0.785. The van der Waals surface area contributed by atoms with Crippen LogP contribution in [0.1, 0.15) is 11.1 Å². The van der Waals surface area contributed by atoms with Crippen LogP contribution in [0.3, 0.4) is 0 Å². The number of hydrogen-bond acceptors (Lipinski definition) is 4. The number of halogens is 1. The van der Waals surface area contributed by atoms with Crippen molar-refractivity contribution in [3.8, 4) is 6.07 Å². The molecule has 0 N–H and O–H groups in total. The zero-order valence-electron chi connectivity index (χ0n) is 12.5. The van der Waals surface area contributed by atoms with Crippen molar-refractivity contribution in [2.75, 3.05) is 36.0 Å². The number of nitrogens with zero attached hydrogens (tertiary/aromatic N) is 4. The zero-order chi connectivity index (χ0) is 15.5. The number of rotatable bonds is 2. The molecule has 112 valence electrons. The summed E-state index contributed by atoms with van der Waals surface area (Å²) < 4.78 is 0. The fourth-order valence-electron chi connectivity index (χ4n) is 2.82. The van der Waals surface area contributed by atoms with Crippen molar-refractivity contribution in [2.24, 2.45) is 0 Å². The van der Waals surface area contributed by atoms with Crippen molar-refractivity contribution < 1.29 is 0 Å². The number of hydrogen-bond donors (Lipinski definition) is 0. The summed E-state index contributed by atoms with van der Waals surface area (Å²) in [7, 11) is 0. The van der Waals surface area contributed by atoms with Crippen molar-refractivity contribution in [1.29, 1.82) is 5.26 Å². The summed E-state index contributed by atoms with van der Waals surface area (Å²) in [6.07, 6.45) is 1.74. The van der Waals surface area contributed by atoms with Gasteiger partial charge >= 0.3 is 0 Å². The van der Waals surface area contributed by atoms with Gasteiger partial charge in [-0.15, -0.1) is 0 Å². The van der Waals surface area contributed by atoms with E-state index in [-0.39, 0.29) is 0 Å². The molecule has 0 spiro atoms. The monoisotopic (exact) mass is 312 g/mol. The van der Waals surface area contributed by atoms with Gasteiger partial charge in [0, 0.05) is 43.1 Å². The lowest BCUT2D eigenvalue weighted by Crippen LogP contribution is -2.47. The first-order chi connectivity index (χ1) is 10.7. The highest BCUT2D eigenvalue weighted by Gasteiger charge is 2.21. The zero-order valence-corrected chi connectivity index (χ0v) is 13.2. The van der Waals surface area contributed by atoms with Crippen LogP contribution in [0, 0.1) is 18.3 Å². The van der Waals surface area contributed by atoms with Crippen molar-refractivity contribution >= 4 is 23.1 Å². The lowest BCUT2D eigenvalue weighted by Gasteiger charge is -2.37. The van der Waals surface area contributed by atoms with Gasteiger partial charge in [0.15, 0.2) is 0 Å². The van der Waals surface area contributed by atoms with E-state index in [0.717, 1.165) is 37.0 Å². The number of nitriles is 1. The van der Waals surface area contributed by atoms with Gasteiger partial charge in [-0.3, -0.25) is 0 Å². The van der Waals surface area contributed by atoms with E-state index in [1.54, 1.807) is 12.3 Å². The van der Waals surface area contributed by atoms with Gasteiger partial charge in [0.2, 0.25) is 0 Å². The van der Waals surface area contributed by atoms with Crippen LogP contribution in [0.2, 0.25) is 5.02 Å². The molecule has 0 atom stereocenters. The van der Waals surface area contributed by atoms with Crippen LogP contribution in [-0.4, -0.2) is 31.2 Å². The van der Waals surface area contributed by atoms with Crippen molar-refractivity contribution in [3.63, 3.8) is 0 Å². The molecule has 1 saturated heterocycles. The predicted molar refractivity (Wildman–Crippen MR) is 89.6 cm³/mol. The number of aromatic nitrogens is 1. The van der Waals surface area contributed by atoms with Crippen LogP contribution >= 0.6 is 11.6 Å². The Bertz CT molecular complexity index is 715. The summed E-state index contributed by atoms with van der Waals surface area (Å²) >= 11 is 6.12. The number of benzene rings is 1. The second-order valence-electron chi connectivity index (χ2n) is 5.39. The third kappa shape index (κ3) is 2.86. The van der Waals surface area contributed by atoms with E-state index in [4.69, 9.17) is 11.6 Å². The lowest BCUT2D eigenvalue weighted by molar-refractivity contribution is 0.646. The predicted octanol–water partition coefficient (Wildman–Crippen LogP) is 3.24. The molecule has 1 aromatic heterocycles. The Balaban J connectivity index is 1.75. The molecule has 0 amide bonds. The van der Waals surface area contributed by atoms with Crippen molar-refractivity contribution in [2.45, 2.75) is 6.92 Å². The van der Waals surface area contributed by atoms with E-state index in [9.17, 15) is 5.26 Å². The Kier molecular flexibility index (Phi) is 4.17. The van der Waals surface area contributed by atoms with E-state index < -0.39 is 0 Å². The van der Waals surface area contributed by atoms with Crippen molar-refractivity contribution in [1.82, 2.24) is 4.98 Å². The summed E-state index contributed by atoms with van der Waals surface area (Å²) in [5.41, 5.74) is 3.05. The molecular formula is C17H17ClN4. The SMILES string of the molecule is Cc1ccc(Cl)cc1N1CCN(c2ncccc2C#N)CC1. The van der Waals surface area contributed by atoms with E-state index in [1.807, 2.05) is 18.2 Å². The normalized spacial score (nSPS) is 14.8. The first-order valence-electron chi connectivity index (χ1n) is 7.30. The average molecular weight is 313 g/mol. The summed E-state index contributed by atoms with van der Waals surface area (Å²) in [6.45, 7) is 5.57. The molecule has 4 nitrogen and oxygen atoms in total. The Morgan fingerprint density at radius 1 is 1.14 bits per heavy atom. The molecule has 1 aromatic carbocycles. The Hall–Kier alpha value is -2.25. The van der Waals surface area contributed by atoms with E-state index >= 15 is 0 Å². The molecule has 3 rings (SSSR count). The molecule has 0 aliphatic carbocycles. The molecule has 1 aliphatic heterocycles. The molecule has 1 aliphatic rings. The minimum atomic E-state index is 0.634. The van der Waals surface area contributed by atoms with Gasteiger partial charge in [-0.05, 0) is 36.8 Å². The van der Waals surface area contributed by atoms with Gasteiger partial charge in [0.25, 0.3) is 0 Å². The summed E-state index contributed by atoms with van der Waals surface area (Å²) in [4.78, 5) is 8.88. The second-order valence-corrected chi connectivity index (χ2v) is 5.83. The molecule has 2 heterocycles. The standard InChI is InChI=1S/C17H17ClN4/c1-13-4-5-15(18)11-16(13)21-7-9-22(10-8-21)17-14(12-19)3-2-6-20-17/h2-6,11H,7-10H2,1H3. The quantitative estimate of drug-likeness (QED) is 0.854. The molecule has 0 radical (unpaired) electrons. The van der Waals surface area contributed by atoms with E-state index in [1.165, 1.54) is 11.3 Å². The fourth-order valence-corrected chi connectivity index (χ4v) is 2.98. The Morgan fingerprint density at radius 2 is 1.86 bits per heavy atom. The molecule has 1 fully saturated rings. The van der Waals surface area contributed by atoms with Crippen LogP contribution in [0.5, 0.6) is 0 Å². The number of pyridine rings is 1. The molecule has 0 unspecified atom stereocenters. The fraction of sp³-hybridized carbons (Fsp3) is 0.294. The first kappa shape index (κ1) is 14.7. The minimum absolute atomic E-state index is 0.634. The summed E-state index contributed by atoms with van der Waals surface area (Å²) in [6, 6.07) is 11.8. The highest BCUT2D eigenvalue weighted by molar-refractivity contribution is 6.30. The van der Waals surface area contributed by atoms with Gasteiger partial charge in [-0.2, -0.15) is 5.26 Å². The molecule has 2 aromatic rings. The van der Waals surface area contributed by atoms with Crippen LogP contribution in [-0.2, 0) is 0 Å². The molecule has 0 bridgehead atoms. The van der Waals surface area contributed by atoms with Crippen LogP contribution < -0.4 is 9.80 Å². The number of aryl methyl sites for hydroxylation is 1. The molecular weight excluding hydrogens is 296 g/mol. The van der Waals surface area contributed by atoms with Gasteiger partial charge in [0.1, 0.15) is 11.9 Å². The van der Waals surface area contributed by atoms with Gasteiger partial charge in [-0.25, -0.2) is 4.98 Å². The second kappa shape index (κ2) is 6.25. The van der Waals surface area contributed by atoms with Crippen LogP contribution in [0.15, 0.2) is 36.5 Å². The van der Waals surface area contributed by atoms with Gasteiger partial charge in [-0.1, -0.05) is 17.7 Å². The maximum absolute atomic E-state index is 9.20. The average Bonchev–Trinajstić information content (AvgIpc) is 2.57.